The molecule has 21 heavy (non-hydrogen) atoms. The minimum absolute atomic E-state index is 0.229. The van der Waals surface area contributed by atoms with Crippen molar-refractivity contribution in [2.24, 2.45) is 5.92 Å². The Hall–Kier alpha value is -1.26. The minimum Gasteiger partial charge on any atom is -0.480 e. The zero-order valence-corrected chi connectivity index (χ0v) is 13.8. The van der Waals surface area contributed by atoms with Crippen molar-refractivity contribution in [2.45, 2.75) is 77.3 Å². The summed E-state index contributed by atoms with van der Waals surface area (Å²) < 4.78 is 0. The fourth-order valence-electron chi connectivity index (χ4n) is 3.15. The third kappa shape index (κ3) is 4.61. The van der Waals surface area contributed by atoms with Crippen molar-refractivity contribution in [1.82, 2.24) is 10.2 Å². The average molecular weight is 298 g/mol. The third-order valence-corrected chi connectivity index (χ3v) is 4.87. The van der Waals surface area contributed by atoms with Crippen LogP contribution in [-0.2, 0) is 4.79 Å². The first-order valence-electron chi connectivity index (χ1n) is 8.12. The molecule has 5 heteroatoms. The van der Waals surface area contributed by atoms with Crippen molar-refractivity contribution in [1.29, 1.82) is 0 Å². The van der Waals surface area contributed by atoms with Gasteiger partial charge in [0.05, 0.1) is 0 Å². The number of rotatable bonds is 6. The van der Waals surface area contributed by atoms with Crippen LogP contribution in [0.5, 0.6) is 0 Å². The van der Waals surface area contributed by atoms with Crippen molar-refractivity contribution in [3.63, 3.8) is 0 Å². The van der Waals surface area contributed by atoms with Gasteiger partial charge in [0.2, 0.25) is 0 Å². The van der Waals surface area contributed by atoms with E-state index in [0.717, 1.165) is 31.6 Å². The highest BCUT2D eigenvalue weighted by atomic mass is 16.4. The zero-order valence-electron chi connectivity index (χ0n) is 13.8. The Morgan fingerprint density at radius 2 is 1.81 bits per heavy atom. The van der Waals surface area contributed by atoms with Crippen molar-refractivity contribution < 1.29 is 14.7 Å². The Morgan fingerprint density at radius 1 is 1.24 bits per heavy atom. The van der Waals surface area contributed by atoms with E-state index in [-0.39, 0.29) is 12.1 Å². The maximum atomic E-state index is 12.3. The van der Waals surface area contributed by atoms with E-state index in [1.54, 1.807) is 18.9 Å². The van der Waals surface area contributed by atoms with E-state index in [1.807, 2.05) is 6.92 Å². The predicted octanol–water partition coefficient (Wildman–Crippen LogP) is 3.24. The molecule has 5 nitrogen and oxygen atoms in total. The number of carbonyl (C=O) groups is 2. The van der Waals surface area contributed by atoms with Crippen molar-refractivity contribution in [3.8, 4) is 0 Å². The van der Waals surface area contributed by atoms with Crippen LogP contribution in [0.3, 0.4) is 0 Å². The quantitative estimate of drug-likeness (QED) is 0.791. The maximum Gasteiger partial charge on any atom is 0.329 e. The molecule has 1 rings (SSSR count). The second-order valence-corrected chi connectivity index (χ2v) is 6.51. The molecule has 0 heterocycles. The Bertz CT molecular complexity index is 365. The average Bonchev–Trinajstić information content (AvgIpc) is 2.46. The number of carboxylic acids is 1. The van der Waals surface area contributed by atoms with Gasteiger partial charge in [0, 0.05) is 13.1 Å². The van der Waals surface area contributed by atoms with E-state index in [4.69, 9.17) is 0 Å². The van der Waals surface area contributed by atoms with E-state index in [9.17, 15) is 14.7 Å². The van der Waals surface area contributed by atoms with Crippen LogP contribution >= 0.6 is 0 Å². The van der Waals surface area contributed by atoms with Gasteiger partial charge in [0.25, 0.3) is 0 Å². The molecule has 1 fully saturated rings. The van der Waals surface area contributed by atoms with E-state index in [0.29, 0.717) is 12.8 Å². The fourth-order valence-corrected chi connectivity index (χ4v) is 3.15. The summed E-state index contributed by atoms with van der Waals surface area (Å²) in [5.41, 5.74) is -1.18. The van der Waals surface area contributed by atoms with Crippen LogP contribution in [0.1, 0.15) is 65.7 Å². The van der Waals surface area contributed by atoms with Crippen LogP contribution in [0.2, 0.25) is 0 Å². The molecule has 1 unspecified atom stereocenters. The van der Waals surface area contributed by atoms with Gasteiger partial charge in [0.1, 0.15) is 5.54 Å². The summed E-state index contributed by atoms with van der Waals surface area (Å²) in [5, 5.41) is 12.0. The molecule has 0 aliphatic heterocycles. The largest absolute Gasteiger partial charge is 0.480 e. The van der Waals surface area contributed by atoms with Crippen LogP contribution < -0.4 is 5.32 Å². The fraction of sp³-hybridized carbons (Fsp3) is 0.875. The molecule has 0 aromatic rings. The smallest absolute Gasteiger partial charge is 0.329 e. The monoisotopic (exact) mass is 298 g/mol. The number of amides is 2. The highest BCUT2D eigenvalue weighted by Gasteiger charge is 2.36. The molecule has 1 atom stereocenters. The second-order valence-electron chi connectivity index (χ2n) is 6.51. The number of carboxylic acid groups (broad SMARTS) is 1. The maximum absolute atomic E-state index is 12.3. The number of nitrogens with one attached hydrogen (secondary N) is 1. The number of nitrogens with zero attached hydrogens (tertiary/aromatic N) is 1. The molecule has 1 aliphatic carbocycles. The number of carbonyl (C=O) groups excluding carboxylic acids is 1. The second kappa shape index (κ2) is 7.66. The summed E-state index contributed by atoms with van der Waals surface area (Å²) in [7, 11) is 1.78. The molecule has 0 saturated heterocycles. The first-order chi connectivity index (χ1) is 9.84. The van der Waals surface area contributed by atoms with Crippen LogP contribution in [0.25, 0.3) is 0 Å². The van der Waals surface area contributed by atoms with E-state index < -0.39 is 11.5 Å². The molecule has 2 N–H and O–H groups in total. The molecule has 1 saturated carbocycles. The van der Waals surface area contributed by atoms with Gasteiger partial charge in [-0.3, -0.25) is 0 Å². The summed E-state index contributed by atoms with van der Waals surface area (Å²) in [5.74, 6) is -0.192. The molecule has 0 bridgehead atoms. The first-order valence-corrected chi connectivity index (χ1v) is 8.12. The van der Waals surface area contributed by atoms with Crippen molar-refractivity contribution >= 4 is 12.0 Å². The summed E-state index contributed by atoms with van der Waals surface area (Å²) in [6.07, 6.45) is 6.70. The van der Waals surface area contributed by atoms with E-state index in [1.165, 1.54) is 6.42 Å². The van der Waals surface area contributed by atoms with Crippen LogP contribution in [-0.4, -0.2) is 40.6 Å². The van der Waals surface area contributed by atoms with Crippen LogP contribution in [0.15, 0.2) is 0 Å². The van der Waals surface area contributed by atoms with Gasteiger partial charge >= 0.3 is 12.0 Å². The Balaban J connectivity index is 2.60. The number of hydrogen-bond donors (Lipinski definition) is 2. The SMILES string of the molecule is CCCC(C)(NC(=O)N(C)C1CCC(CC)CC1)C(=O)O. The predicted molar refractivity (Wildman–Crippen MR) is 83.3 cm³/mol. The number of urea groups is 1. The van der Waals surface area contributed by atoms with Gasteiger partial charge in [0.15, 0.2) is 0 Å². The number of hydrogen-bond acceptors (Lipinski definition) is 2. The van der Waals surface area contributed by atoms with Gasteiger partial charge in [-0.05, 0) is 44.9 Å². The van der Waals surface area contributed by atoms with Gasteiger partial charge in [-0.15, -0.1) is 0 Å². The molecular weight excluding hydrogens is 268 g/mol. The lowest BCUT2D eigenvalue weighted by molar-refractivity contribution is -0.144. The van der Waals surface area contributed by atoms with Gasteiger partial charge in [-0.1, -0.05) is 26.7 Å². The minimum atomic E-state index is -1.18. The zero-order chi connectivity index (χ0) is 16.0. The Morgan fingerprint density at radius 3 is 2.24 bits per heavy atom. The molecule has 2 amide bonds. The molecule has 0 spiro atoms. The van der Waals surface area contributed by atoms with Crippen molar-refractivity contribution in [2.75, 3.05) is 7.05 Å². The summed E-state index contributed by atoms with van der Waals surface area (Å²) in [6.45, 7) is 5.71. The van der Waals surface area contributed by atoms with Crippen LogP contribution in [0, 0.1) is 5.92 Å². The summed E-state index contributed by atoms with van der Waals surface area (Å²) in [6, 6.07) is -0.0410. The van der Waals surface area contributed by atoms with Gasteiger partial charge < -0.3 is 15.3 Å². The third-order valence-electron chi connectivity index (χ3n) is 4.87. The van der Waals surface area contributed by atoms with E-state index >= 15 is 0 Å². The molecule has 122 valence electrons. The van der Waals surface area contributed by atoms with Gasteiger partial charge in [-0.2, -0.15) is 0 Å². The standard InChI is InChI=1S/C16H30N2O3/c1-5-11-16(3,14(19)20)17-15(21)18(4)13-9-7-12(6-2)8-10-13/h12-13H,5-11H2,1-4H3,(H,17,21)(H,19,20). The van der Waals surface area contributed by atoms with Crippen LogP contribution in [0.4, 0.5) is 4.79 Å². The molecule has 0 aromatic heterocycles. The highest BCUT2D eigenvalue weighted by molar-refractivity contribution is 5.85. The molecular formula is C16H30N2O3. The Kier molecular flexibility index (Phi) is 6.49. The van der Waals surface area contributed by atoms with Gasteiger partial charge in [-0.25, -0.2) is 9.59 Å². The molecule has 0 radical (unpaired) electrons. The highest BCUT2D eigenvalue weighted by Crippen LogP contribution is 2.29. The molecule has 1 aliphatic rings. The molecule has 0 aromatic carbocycles. The van der Waals surface area contributed by atoms with E-state index in [2.05, 4.69) is 12.2 Å². The lowest BCUT2D eigenvalue weighted by Crippen LogP contribution is -2.57. The lowest BCUT2D eigenvalue weighted by atomic mass is 9.84. The summed E-state index contributed by atoms with van der Waals surface area (Å²) >= 11 is 0. The first kappa shape index (κ1) is 17.8. The van der Waals surface area contributed by atoms with Crippen molar-refractivity contribution in [3.05, 3.63) is 0 Å². The number of aliphatic carboxylic acids is 1. The summed E-state index contributed by atoms with van der Waals surface area (Å²) in [4.78, 5) is 25.4. The normalized spacial score (nSPS) is 25.0. The Labute approximate surface area is 128 Å². The topological polar surface area (TPSA) is 69.6 Å². The lowest BCUT2D eigenvalue weighted by Gasteiger charge is -2.36.